The van der Waals surface area contributed by atoms with E-state index in [-0.39, 0.29) is 5.41 Å². The highest BCUT2D eigenvalue weighted by molar-refractivity contribution is 9.10. The number of nitrogens with two attached hydrogens (primary N) is 1. The molecule has 4 nitrogen and oxygen atoms in total. The second kappa shape index (κ2) is 4.42. The van der Waals surface area contributed by atoms with Crippen molar-refractivity contribution in [1.29, 1.82) is 0 Å². The molecule has 2 N–H and O–H groups in total. The molecular weight excluding hydrogens is 306 g/mol. The Bertz CT molecular complexity index is 512. The maximum Gasteiger partial charge on any atom is 0.141 e. The first-order valence-electron chi connectivity index (χ1n) is 6.85. The van der Waals surface area contributed by atoms with Crippen LogP contribution < -0.4 is 5.73 Å². The minimum absolute atomic E-state index is 0.0525. The van der Waals surface area contributed by atoms with Crippen molar-refractivity contribution in [2.45, 2.75) is 63.6 Å². The van der Waals surface area contributed by atoms with Crippen LogP contribution in [0.5, 0.6) is 0 Å². The second-order valence-corrected chi connectivity index (χ2v) is 7.39. The van der Waals surface area contributed by atoms with Crippen LogP contribution in [-0.4, -0.2) is 22.2 Å². The quantitative estimate of drug-likeness (QED) is 0.861. The molecule has 0 radical (unpaired) electrons. The van der Waals surface area contributed by atoms with E-state index < -0.39 is 0 Å². The average molecular weight is 326 g/mol. The van der Waals surface area contributed by atoms with Gasteiger partial charge in [-0.1, -0.05) is 20.8 Å². The van der Waals surface area contributed by atoms with E-state index in [1.165, 1.54) is 6.42 Å². The molecule has 3 unspecified atom stereocenters. The van der Waals surface area contributed by atoms with Gasteiger partial charge in [0.15, 0.2) is 0 Å². The number of fused-ring (bicyclic) bond motifs is 2. The summed E-state index contributed by atoms with van der Waals surface area (Å²) in [6.07, 6.45) is 4.04. The van der Waals surface area contributed by atoms with Crippen LogP contribution >= 0.6 is 15.9 Å². The molecule has 1 aromatic rings. The molecule has 0 spiro atoms. The van der Waals surface area contributed by atoms with Gasteiger partial charge in [0.25, 0.3) is 0 Å². The summed E-state index contributed by atoms with van der Waals surface area (Å²) in [6, 6.07) is 0. The summed E-state index contributed by atoms with van der Waals surface area (Å²) in [5.74, 6) is 1.71. The molecule has 3 atom stereocenters. The standard InChI is InChI=1S/C14H20BrN3O/c1-14(2,3)11-10(15)12(16)18-13(17-11)8-6-7-4-5-9(8)19-7/h7-9H,4-6H2,1-3H3,(H2,16,17,18). The van der Waals surface area contributed by atoms with Crippen LogP contribution in [-0.2, 0) is 10.2 Å². The smallest absolute Gasteiger partial charge is 0.141 e. The van der Waals surface area contributed by atoms with E-state index in [1.54, 1.807) is 0 Å². The topological polar surface area (TPSA) is 61.0 Å². The van der Waals surface area contributed by atoms with Gasteiger partial charge in [0.05, 0.1) is 22.4 Å². The third kappa shape index (κ3) is 2.27. The molecule has 2 fully saturated rings. The van der Waals surface area contributed by atoms with Crippen molar-refractivity contribution in [2.75, 3.05) is 5.73 Å². The summed E-state index contributed by atoms with van der Waals surface area (Å²) >= 11 is 3.52. The van der Waals surface area contributed by atoms with Gasteiger partial charge in [-0.2, -0.15) is 0 Å². The Morgan fingerprint density at radius 2 is 2.00 bits per heavy atom. The summed E-state index contributed by atoms with van der Waals surface area (Å²) < 4.78 is 6.73. The van der Waals surface area contributed by atoms with Crippen molar-refractivity contribution in [1.82, 2.24) is 9.97 Å². The lowest BCUT2D eigenvalue weighted by Crippen LogP contribution is -2.22. The van der Waals surface area contributed by atoms with Crippen molar-refractivity contribution in [3.63, 3.8) is 0 Å². The molecule has 2 aliphatic rings. The molecule has 2 aliphatic heterocycles. The summed E-state index contributed by atoms with van der Waals surface area (Å²) in [7, 11) is 0. The highest BCUT2D eigenvalue weighted by Crippen LogP contribution is 2.44. The Kier molecular flexibility index (Phi) is 3.09. The fraction of sp³-hybridized carbons (Fsp3) is 0.714. The molecule has 0 aliphatic carbocycles. The van der Waals surface area contributed by atoms with Crippen molar-refractivity contribution in [2.24, 2.45) is 0 Å². The van der Waals surface area contributed by atoms with E-state index in [2.05, 4.69) is 41.7 Å². The first-order chi connectivity index (χ1) is 8.86. The molecule has 1 aromatic heterocycles. The van der Waals surface area contributed by atoms with Gasteiger partial charge in [-0.25, -0.2) is 9.97 Å². The predicted octanol–water partition coefficient (Wildman–Crippen LogP) is 3.15. The first-order valence-corrected chi connectivity index (χ1v) is 7.64. The largest absolute Gasteiger partial charge is 0.383 e. The van der Waals surface area contributed by atoms with E-state index in [4.69, 9.17) is 15.5 Å². The number of halogens is 1. The second-order valence-electron chi connectivity index (χ2n) is 6.60. The van der Waals surface area contributed by atoms with Gasteiger partial charge >= 0.3 is 0 Å². The van der Waals surface area contributed by atoms with Gasteiger partial charge in [-0.15, -0.1) is 0 Å². The number of rotatable bonds is 1. The molecule has 3 rings (SSSR count). The van der Waals surface area contributed by atoms with Gasteiger partial charge in [0, 0.05) is 11.3 Å². The third-order valence-corrected chi connectivity index (χ3v) is 4.82. The molecule has 2 saturated heterocycles. The fourth-order valence-corrected chi connectivity index (χ4v) is 3.83. The van der Waals surface area contributed by atoms with Gasteiger partial charge in [0.1, 0.15) is 11.6 Å². The molecule has 3 heterocycles. The Hall–Kier alpha value is -0.680. The van der Waals surface area contributed by atoms with E-state index in [0.29, 0.717) is 23.9 Å². The summed E-state index contributed by atoms with van der Waals surface area (Å²) in [5.41, 5.74) is 6.98. The number of nitrogen functional groups attached to an aromatic ring is 1. The minimum atomic E-state index is -0.0525. The van der Waals surface area contributed by atoms with Crippen LogP contribution in [0, 0.1) is 0 Å². The van der Waals surface area contributed by atoms with Crippen molar-refractivity contribution >= 4 is 21.7 Å². The molecule has 0 aromatic carbocycles. The number of aromatic nitrogens is 2. The first kappa shape index (κ1) is 13.3. The number of anilines is 1. The highest BCUT2D eigenvalue weighted by Gasteiger charge is 2.43. The van der Waals surface area contributed by atoms with Crippen LogP contribution in [0.1, 0.15) is 57.5 Å². The Labute approximate surface area is 122 Å². The molecular formula is C14H20BrN3O. The summed E-state index contributed by atoms with van der Waals surface area (Å²) in [6.45, 7) is 6.42. The van der Waals surface area contributed by atoms with Crippen molar-refractivity contribution in [3.8, 4) is 0 Å². The maximum absolute atomic E-state index is 6.05. The lowest BCUT2D eigenvalue weighted by atomic mass is 9.87. The predicted molar refractivity (Wildman–Crippen MR) is 78.1 cm³/mol. The number of hydrogen-bond acceptors (Lipinski definition) is 4. The Morgan fingerprint density at radius 3 is 2.53 bits per heavy atom. The fourth-order valence-electron chi connectivity index (χ4n) is 3.05. The Balaban J connectivity index is 2.01. The summed E-state index contributed by atoms with van der Waals surface area (Å²) in [4.78, 5) is 9.27. The monoisotopic (exact) mass is 325 g/mol. The normalized spacial score (nSPS) is 30.0. The maximum atomic E-state index is 6.05. The van der Waals surface area contributed by atoms with E-state index in [1.807, 2.05) is 0 Å². The van der Waals surface area contributed by atoms with Crippen molar-refractivity contribution < 1.29 is 4.74 Å². The number of ether oxygens (including phenoxy) is 1. The van der Waals surface area contributed by atoms with Gasteiger partial charge < -0.3 is 10.5 Å². The minimum Gasteiger partial charge on any atom is -0.383 e. The highest BCUT2D eigenvalue weighted by atomic mass is 79.9. The summed E-state index contributed by atoms with van der Waals surface area (Å²) in [5, 5.41) is 0. The lowest BCUT2D eigenvalue weighted by molar-refractivity contribution is 0.0998. The van der Waals surface area contributed by atoms with Crippen LogP contribution in [0.4, 0.5) is 5.82 Å². The van der Waals surface area contributed by atoms with E-state index >= 15 is 0 Å². The molecule has 0 amide bonds. The van der Waals surface area contributed by atoms with Crippen LogP contribution in [0.3, 0.4) is 0 Å². The van der Waals surface area contributed by atoms with Crippen LogP contribution in [0.2, 0.25) is 0 Å². The SMILES string of the molecule is CC(C)(C)c1nc(C2CC3CCC2O3)nc(N)c1Br. The molecule has 104 valence electrons. The van der Waals surface area contributed by atoms with Gasteiger partial charge in [-0.05, 0) is 35.2 Å². The van der Waals surface area contributed by atoms with Gasteiger partial charge in [-0.3, -0.25) is 0 Å². The van der Waals surface area contributed by atoms with Crippen molar-refractivity contribution in [3.05, 3.63) is 16.0 Å². The number of hydrogen-bond donors (Lipinski definition) is 1. The number of nitrogens with zero attached hydrogens (tertiary/aromatic N) is 2. The van der Waals surface area contributed by atoms with Crippen LogP contribution in [0.15, 0.2) is 4.47 Å². The zero-order chi connectivity index (χ0) is 13.8. The molecule has 5 heteroatoms. The van der Waals surface area contributed by atoms with E-state index in [0.717, 1.165) is 28.8 Å². The van der Waals surface area contributed by atoms with Crippen LogP contribution in [0.25, 0.3) is 0 Å². The molecule has 2 bridgehead atoms. The molecule has 19 heavy (non-hydrogen) atoms. The zero-order valence-corrected chi connectivity index (χ0v) is 13.2. The third-order valence-electron chi connectivity index (χ3n) is 4.04. The zero-order valence-electron chi connectivity index (χ0n) is 11.6. The van der Waals surface area contributed by atoms with E-state index in [9.17, 15) is 0 Å². The molecule has 0 saturated carbocycles. The lowest BCUT2D eigenvalue weighted by Gasteiger charge is -2.24. The van der Waals surface area contributed by atoms with Gasteiger partial charge in [0.2, 0.25) is 0 Å². The Morgan fingerprint density at radius 1 is 1.26 bits per heavy atom. The average Bonchev–Trinajstić information content (AvgIpc) is 2.92.